The van der Waals surface area contributed by atoms with Crippen molar-refractivity contribution in [3.63, 3.8) is 0 Å². The summed E-state index contributed by atoms with van der Waals surface area (Å²) in [6.45, 7) is 6.75. The first-order chi connectivity index (χ1) is 16.0. The highest BCUT2D eigenvalue weighted by Crippen LogP contribution is 2.32. The van der Waals surface area contributed by atoms with Crippen LogP contribution in [0, 0.1) is 11.8 Å². The van der Waals surface area contributed by atoms with Crippen LogP contribution in [0.4, 0.5) is 0 Å². The maximum absolute atomic E-state index is 12.0. The molecule has 186 valence electrons. The number of nitrogens with zero attached hydrogens (tertiary/aromatic N) is 2. The van der Waals surface area contributed by atoms with Crippen molar-refractivity contribution in [2.24, 2.45) is 11.8 Å². The normalized spacial score (nSPS) is 22.3. The topological polar surface area (TPSA) is 42.0 Å². The third-order valence-electron chi connectivity index (χ3n) is 7.75. The zero-order chi connectivity index (χ0) is 23.6. The predicted molar refractivity (Wildman–Crippen MR) is 138 cm³/mol. The molecule has 0 radical (unpaired) electrons. The summed E-state index contributed by atoms with van der Waals surface area (Å²) in [7, 11) is 3.44. The molecule has 1 aliphatic heterocycles. The number of amides is 1. The lowest BCUT2D eigenvalue weighted by Gasteiger charge is -2.37. The molecule has 1 aliphatic carbocycles. The number of benzene rings is 1. The zero-order valence-electron chi connectivity index (χ0n) is 20.9. The van der Waals surface area contributed by atoms with E-state index in [0.29, 0.717) is 12.6 Å². The van der Waals surface area contributed by atoms with E-state index in [2.05, 4.69) is 33.0 Å². The van der Waals surface area contributed by atoms with E-state index in [1.807, 2.05) is 11.0 Å². The van der Waals surface area contributed by atoms with Crippen LogP contribution in [0.25, 0.3) is 0 Å². The Morgan fingerprint density at radius 1 is 1.09 bits per heavy atom. The molecule has 6 heteroatoms. The van der Waals surface area contributed by atoms with Crippen molar-refractivity contribution in [2.45, 2.75) is 70.8 Å². The molecule has 1 saturated heterocycles. The Labute approximate surface area is 209 Å². The SMILES string of the molecule is COCCN(C(C)=O)[C@H]1CC[C@H](CCCN2CCC(Cc3cc(OC)ccc3Br)CC2)CC1. The number of rotatable bonds is 11. The van der Waals surface area contributed by atoms with Crippen molar-refractivity contribution in [3.8, 4) is 5.75 Å². The largest absolute Gasteiger partial charge is 0.497 e. The summed E-state index contributed by atoms with van der Waals surface area (Å²) in [6.07, 6.45) is 11.2. The number of halogens is 1. The number of carbonyl (C=O) groups is 1. The van der Waals surface area contributed by atoms with Gasteiger partial charge in [-0.3, -0.25) is 4.79 Å². The molecule has 0 spiro atoms. The molecule has 0 aromatic heterocycles. The zero-order valence-corrected chi connectivity index (χ0v) is 22.4. The minimum absolute atomic E-state index is 0.192. The van der Waals surface area contributed by atoms with E-state index < -0.39 is 0 Å². The van der Waals surface area contributed by atoms with Crippen LogP contribution in [0.5, 0.6) is 5.75 Å². The van der Waals surface area contributed by atoms with Gasteiger partial charge in [0.1, 0.15) is 5.75 Å². The molecule has 0 atom stereocenters. The van der Waals surface area contributed by atoms with Crippen molar-refractivity contribution in [1.82, 2.24) is 9.80 Å². The fourth-order valence-electron chi connectivity index (χ4n) is 5.70. The lowest BCUT2D eigenvalue weighted by Crippen LogP contribution is -2.43. The van der Waals surface area contributed by atoms with Crippen molar-refractivity contribution >= 4 is 21.8 Å². The number of methoxy groups -OCH3 is 2. The molecule has 0 unspecified atom stereocenters. The summed E-state index contributed by atoms with van der Waals surface area (Å²) >= 11 is 3.71. The van der Waals surface area contributed by atoms with Crippen LogP contribution in [0.15, 0.2) is 22.7 Å². The monoisotopic (exact) mass is 522 g/mol. The summed E-state index contributed by atoms with van der Waals surface area (Å²) in [5, 5.41) is 0. The number of piperidine rings is 1. The van der Waals surface area contributed by atoms with E-state index in [-0.39, 0.29) is 5.91 Å². The van der Waals surface area contributed by atoms with Gasteiger partial charge >= 0.3 is 0 Å². The summed E-state index contributed by atoms with van der Waals surface area (Å²) in [6, 6.07) is 6.72. The second kappa shape index (κ2) is 13.7. The maximum Gasteiger partial charge on any atom is 0.219 e. The summed E-state index contributed by atoms with van der Waals surface area (Å²) in [5.74, 6) is 2.74. The van der Waals surface area contributed by atoms with Crippen molar-refractivity contribution in [3.05, 3.63) is 28.2 Å². The van der Waals surface area contributed by atoms with Crippen LogP contribution in [0.3, 0.4) is 0 Å². The average molecular weight is 524 g/mol. The van der Waals surface area contributed by atoms with Gasteiger partial charge in [-0.05, 0) is 113 Å². The van der Waals surface area contributed by atoms with E-state index in [9.17, 15) is 4.79 Å². The molecule has 1 saturated carbocycles. The van der Waals surface area contributed by atoms with Crippen molar-refractivity contribution in [2.75, 3.05) is 47.0 Å². The third kappa shape index (κ3) is 8.25. The summed E-state index contributed by atoms with van der Waals surface area (Å²) < 4.78 is 11.8. The van der Waals surface area contributed by atoms with E-state index >= 15 is 0 Å². The van der Waals surface area contributed by atoms with Crippen molar-refractivity contribution in [1.29, 1.82) is 0 Å². The first-order valence-corrected chi connectivity index (χ1v) is 13.6. The molecule has 1 heterocycles. The summed E-state index contributed by atoms with van der Waals surface area (Å²) in [4.78, 5) is 16.7. The highest BCUT2D eigenvalue weighted by atomic mass is 79.9. The Balaban J connectivity index is 1.32. The smallest absolute Gasteiger partial charge is 0.219 e. The quantitative estimate of drug-likeness (QED) is 0.382. The van der Waals surface area contributed by atoms with Gasteiger partial charge in [-0.15, -0.1) is 0 Å². The second-order valence-electron chi connectivity index (χ2n) is 9.97. The maximum atomic E-state index is 12.0. The highest BCUT2D eigenvalue weighted by molar-refractivity contribution is 9.10. The molecule has 2 fully saturated rings. The average Bonchev–Trinajstić information content (AvgIpc) is 2.82. The van der Waals surface area contributed by atoms with Gasteiger partial charge in [-0.2, -0.15) is 0 Å². The Kier molecular flexibility index (Phi) is 11.0. The fraction of sp³-hybridized carbons (Fsp3) is 0.741. The molecule has 0 bridgehead atoms. The Morgan fingerprint density at radius 2 is 1.82 bits per heavy atom. The Bertz CT molecular complexity index is 728. The molecular formula is C27H43BrN2O3. The van der Waals surface area contributed by atoms with Gasteiger partial charge < -0.3 is 19.3 Å². The molecule has 3 rings (SSSR count). The Morgan fingerprint density at radius 3 is 2.45 bits per heavy atom. The van der Waals surface area contributed by atoms with E-state index in [4.69, 9.17) is 9.47 Å². The Hall–Kier alpha value is -1.11. The number of hydrogen-bond acceptors (Lipinski definition) is 4. The van der Waals surface area contributed by atoms with Gasteiger partial charge in [0.25, 0.3) is 0 Å². The van der Waals surface area contributed by atoms with Gasteiger partial charge in [0.2, 0.25) is 5.91 Å². The van der Waals surface area contributed by atoms with Crippen LogP contribution < -0.4 is 4.74 Å². The molecule has 0 N–H and O–H groups in total. The fourth-order valence-corrected chi connectivity index (χ4v) is 6.10. The number of hydrogen-bond donors (Lipinski definition) is 0. The molecule has 1 aromatic rings. The first kappa shape index (κ1) is 26.5. The van der Waals surface area contributed by atoms with E-state index in [0.717, 1.165) is 43.4 Å². The molecule has 1 amide bonds. The lowest BCUT2D eigenvalue weighted by molar-refractivity contribution is -0.132. The first-order valence-electron chi connectivity index (χ1n) is 12.8. The lowest BCUT2D eigenvalue weighted by atomic mass is 9.82. The van der Waals surface area contributed by atoms with E-state index in [1.54, 1.807) is 21.1 Å². The minimum Gasteiger partial charge on any atom is -0.497 e. The van der Waals surface area contributed by atoms with Crippen LogP contribution in [-0.4, -0.2) is 68.8 Å². The van der Waals surface area contributed by atoms with E-state index in [1.165, 1.54) is 68.2 Å². The van der Waals surface area contributed by atoms with Crippen LogP contribution in [0.2, 0.25) is 0 Å². The van der Waals surface area contributed by atoms with Gasteiger partial charge in [-0.25, -0.2) is 0 Å². The number of carbonyl (C=O) groups excluding carboxylic acids is 1. The summed E-state index contributed by atoms with van der Waals surface area (Å²) in [5.41, 5.74) is 1.37. The van der Waals surface area contributed by atoms with Crippen LogP contribution in [0.1, 0.15) is 63.9 Å². The second-order valence-corrected chi connectivity index (χ2v) is 10.8. The molecule has 5 nitrogen and oxygen atoms in total. The molecule has 2 aliphatic rings. The van der Waals surface area contributed by atoms with Gasteiger partial charge in [0.15, 0.2) is 0 Å². The minimum atomic E-state index is 0.192. The third-order valence-corrected chi connectivity index (χ3v) is 8.53. The highest BCUT2D eigenvalue weighted by Gasteiger charge is 2.27. The molecule has 1 aromatic carbocycles. The predicted octanol–water partition coefficient (Wildman–Crippen LogP) is 5.55. The van der Waals surface area contributed by atoms with Gasteiger partial charge in [-0.1, -0.05) is 15.9 Å². The van der Waals surface area contributed by atoms with Gasteiger partial charge in [0, 0.05) is 31.1 Å². The molecular weight excluding hydrogens is 480 g/mol. The van der Waals surface area contributed by atoms with Gasteiger partial charge in [0.05, 0.1) is 13.7 Å². The number of ether oxygens (including phenoxy) is 2. The van der Waals surface area contributed by atoms with Crippen LogP contribution in [-0.2, 0) is 16.0 Å². The van der Waals surface area contributed by atoms with Crippen molar-refractivity contribution < 1.29 is 14.3 Å². The standard InChI is InChI=1S/C27H43BrN2O3/c1-21(31)30(17-18-32-2)25-8-6-22(7-9-25)5-4-14-29-15-12-23(13-16-29)19-24-20-26(33-3)10-11-27(24)28/h10-11,20,22-23,25H,4-9,12-19H2,1-3H3/t22-,25-. The molecule has 33 heavy (non-hydrogen) atoms. The number of likely N-dealkylation sites (tertiary alicyclic amines) is 1. The van der Waals surface area contributed by atoms with Crippen LogP contribution >= 0.6 is 15.9 Å².